The summed E-state index contributed by atoms with van der Waals surface area (Å²) in [5.41, 5.74) is 1.35. The Morgan fingerprint density at radius 2 is 2.07 bits per heavy atom. The molecule has 2 aliphatic rings. The number of amides is 1. The second-order valence-electron chi connectivity index (χ2n) is 7.28. The van der Waals surface area contributed by atoms with E-state index in [1.165, 1.54) is 28.6 Å². The first-order valence-corrected chi connectivity index (χ1v) is 11.6. The van der Waals surface area contributed by atoms with E-state index in [1.54, 1.807) is 17.4 Å². The minimum atomic E-state index is -0.0577. The highest BCUT2D eigenvalue weighted by Gasteiger charge is 2.27. The Balaban J connectivity index is 1.74. The highest BCUT2D eigenvalue weighted by Crippen LogP contribution is 2.37. The smallest absolute Gasteiger partial charge is 0.263 e. The normalized spacial score (nSPS) is 17.2. The molecule has 0 aromatic carbocycles. The van der Waals surface area contributed by atoms with Crippen molar-refractivity contribution in [1.82, 2.24) is 14.9 Å². The van der Waals surface area contributed by atoms with Gasteiger partial charge in [-0.15, -0.1) is 17.9 Å². The maximum atomic E-state index is 13.5. The van der Waals surface area contributed by atoms with Gasteiger partial charge in [-0.2, -0.15) is 0 Å². The van der Waals surface area contributed by atoms with Gasteiger partial charge in [-0.05, 0) is 44.1 Å². The Morgan fingerprint density at radius 3 is 2.85 bits per heavy atom. The number of fused-ring (bicyclic) bond motifs is 3. The molecule has 0 atom stereocenters. The van der Waals surface area contributed by atoms with E-state index in [1.807, 2.05) is 4.57 Å². The largest absolute Gasteiger partial charge is 0.352 e. The zero-order valence-electron chi connectivity index (χ0n) is 15.5. The van der Waals surface area contributed by atoms with Crippen molar-refractivity contribution in [2.24, 2.45) is 0 Å². The molecule has 2 aliphatic carbocycles. The molecule has 27 heavy (non-hydrogen) atoms. The first-order chi connectivity index (χ1) is 13.2. The number of rotatable bonds is 6. The van der Waals surface area contributed by atoms with Crippen LogP contribution in [0.2, 0.25) is 0 Å². The Kier molecular flexibility index (Phi) is 5.68. The molecular weight excluding hydrogens is 378 g/mol. The topological polar surface area (TPSA) is 64.0 Å². The van der Waals surface area contributed by atoms with Crippen LogP contribution in [-0.4, -0.2) is 27.8 Å². The van der Waals surface area contributed by atoms with E-state index in [0.29, 0.717) is 11.7 Å². The van der Waals surface area contributed by atoms with Crippen LogP contribution in [0.3, 0.4) is 0 Å². The fourth-order valence-corrected chi connectivity index (χ4v) is 6.35. The summed E-state index contributed by atoms with van der Waals surface area (Å²) in [5.74, 6) is 0.210. The fraction of sp³-hybridized carbons (Fsp3) is 0.550. The summed E-state index contributed by atoms with van der Waals surface area (Å²) in [6.07, 6.45) is 10.4. The first kappa shape index (κ1) is 18.7. The molecule has 5 nitrogen and oxygen atoms in total. The van der Waals surface area contributed by atoms with Crippen molar-refractivity contribution in [3.63, 3.8) is 0 Å². The Bertz CT molecular complexity index is 925. The third-order valence-electron chi connectivity index (χ3n) is 5.45. The van der Waals surface area contributed by atoms with E-state index < -0.39 is 0 Å². The van der Waals surface area contributed by atoms with Crippen LogP contribution in [0.4, 0.5) is 0 Å². The Morgan fingerprint density at radius 1 is 1.30 bits per heavy atom. The molecule has 1 N–H and O–H groups in total. The number of thiophene rings is 1. The van der Waals surface area contributed by atoms with Gasteiger partial charge in [-0.3, -0.25) is 14.2 Å². The van der Waals surface area contributed by atoms with E-state index in [0.717, 1.165) is 55.2 Å². The van der Waals surface area contributed by atoms with Crippen molar-refractivity contribution in [3.05, 3.63) is 33.4 Å². The summed E-state index contributed by atoms with van der Waals surface area (Å²) in [5, 5.41) is 4.34. The highest BCUT2D eigenvalue weighted by atomic mass is 32.2. The van der Waals surface area contributed by atoms with Crippen molar-refractivity contribution in [3.8, 4) is 0 Å². The van der Waals surface area contributed by atoms with Gasteiger partial charge < -0.3 is 5.32 Å². The number of aryl methyl sites for hydroxylation is 2. The molecule has 0 bridgehead atoms. The molecule has 4 rings (SSSR count). The Hall–Kier alpha value is -1.60. The molecule has 1 fully saturated rings. The third-order valence-corrected chi connectivity index (χ3v) is 7.59. The summed E-state index contributed by atoms with van der Waals surface area (Å²) >= 11 is 3.06. The highest BCUT2D eigenvalue weighted by molar-refractivity contribution is 7.99. The number of hydrogen-bond donors (Lipinski definition) is 1. The van der Waals surface area contributed by atoms with E-state index in [2.05, 4.69) is 11.9 Å². The lowest BCUT2D eigenvalue weighted by Crippen LogP contribution is -2.28. The molecule has 0 unspecified atom stereocenters. The molecule has 0 saturated heterocycles. The molecule has 0 spiro atoms. The molecule has 7 heteroatoms. The molecule has 2 heterocycles. The maximum Gasteiger partial charge on any atom is 0.263 e. The quantitative estimate of drug-likeness (QED) is 0.452. The third kappa shape index (κ3) is 3.72. The van der Waals surface area contributed by atoms with Gasteiger partial charge in [0.05, 0.1) is 11.1 Å². The van der Waals surface area contributed by atoms with Gasteiger partial charge in [-0.25, -0.2) is 4.98 Å². The Labute approximate surface area is 167 Å². The minimum absolute atomic E-state index is 0.0577. The predicted octanol–water partition coefficient (Wildman–Crippen LogP) is 3.85. The van der Waals surface area contributed by atoms with Gasteiger partial charge in [0.2, 0.25) is 5.91 Å². The van der Waals surface area contributed by atoms with Crippen molar-refractivity contribution in [1.29, 1.82) is 0 Å². The van der Waals surface area contributed by atoms with E-state index in [4.69, 9.17) is 4.98 Å². The fourth-order valence-electron chi connectivity index (χ4n) is 4.15. The van der Waals surface area contributed by atoms with E-state index in [-0.39, 0.29) is 23.3 Å². The number of hydrogen-bond acceptors (Lipinski definition) is 5. The second kappa shape index (κ2) is 8.19. The monoisotopic (exact) mass is 403 g/mol. The SMILES string of the molecule is C=CCNC(=O)CSc1nc2sc3c(c2c(=O)n1C1CCCC1)CCCC3. The summed E-state index contributed by atoms with van der Waals surface area (Å²) in [4.78, 5) is 32.6. The van der Waals surface area contributed by atoms with Gasteiger partial charge in [0.1, 0.15) is 4.83 Å². The predicted molar refractivity (Wildman–Crippen MR) is 112 cm³/mol. The molecule has 0 radical (unpaired) electrons. The lowest BCUT2D eigenvalue weighted by Gasteiger charge is -2.18. The number of nitrogens with zero attached hydrogens (tertiary/aromatic N) is 2. The van der Waals surface area contributed by atoms with Crippen molar-refractivity contribution < 1.29 is 4.79 Å². The standard InChI is InChI=1S/C20H25N3O2S2/c1-2-11-21-16(24)12-26-20-22-18-17(14-9-5-6-10-15(14)27-18)19(25)23(20)13-7-3-4-8-13/h2,13H,1,3-12H2,(H,21,24). The van der Waals surface area contributed by atoms with Crippen molar-refractivity contribution in [2.45, 2.75) is 62.6 Å². The van der Waals surface area contributed by atoms with Gasteiger partial charge in [-0.1, -0.05) is 30.7 Å². The van der Waals surface area contributed by atoms with Crippen LogP contribution in [0.1, 0.15) is 55.0 Å². The summed E-state index contributed by atoms with van der Waals surface area (Å²) < 4.78 is 1.91. The number of carbonyl (C=O) groups excluding carboxylic acids is 1. The molecule has 2 aromatic rings. The molecule has 1 amide bonds. The second-order valence-corrected chi connectivity index (χ2v) is 9.31. The van der Waals surface area contributed by atoms with Crippen LogP contribution in [0.5, 0.6) is 0 Å². The van der Waals surface area contributed by atoms with Crippen LogP contribution in [0, 0.1) is 0 Å². The lowest BCUT2D eigenvalue weighted by atomic mass is 9.97. The number of carbonyl (C=O) groups is 1. The van der Waals surface area contributed by atoms with Gasteiger partial charge in [0.25, 0.3) is 5.56 Å². The van der Waals surface area contributed by atoms with Crippen LogP contribution in [-0.2, 0) is 17.6 Å². The summed E-state index contributed by atoms with van der Waals surface area (Å²) in [6.45, 7) is 4.07. The van der Waals surface area contributed by atoms with Crippen LogP contribution >= 0.6 is 23.1 Å². The lowest BCUT2D eigenvalue weighted by molar-refractivity contribution is -0.118. The maximum absolute atomic E-state index is 13.5. The molecule has 2 aromatic heterocycles. The zero-order valence-corrected chi connectivity index (χ0v) is 17.1. The van der Waals surface area contributed by atoms with Gasteiger partial charge >= 0.3 is 0 Å². The van der Waals surface area contributed by atoms with E-state index >= 15 is 0 Å². The van der Waals surface area contributed by atoms with Gasteiger partial charge in [0.15, 0.2) is 5.16 Å². The van der Waals surface area contributed by atoms with E-state index in [9.17, 15) is 9.59 Å². The molecule has 144 valence electrons. The van der Waals surface area contributed by atoms with Crippen molar-refractivity contribution >= 4 is 39.2 Å². The summed E-state index contributed by atoms with van der Waals surface area (Å²) in [6, 6.07) is 0.215. The number of aromatic nitrogens is 2. The zero-order chi connectivity index (χ0) is 18.8. The molecule has 1 saturated carbocycles. The van der Waals surface area contributed by atoms with Gasteiger partial charge in [0, 0.05) is 17.5 Å². The van der Waals surface area contributed by atoms with Crippen LogP contribution in [0.15, 0.2) is 22.6 Å². The van der Waals surface area contributed by atoms with Crippen LogP contribution < -0.4 is 10.9 Å². The average molecular weight is 404 g/mol. The average Bonchev–Trinajstić information content (AvgIpc) is 3.32. The van der Waals surface area contributed by atoms with Crippen molar-refractivity contribution in [2.75, 3.05) is 12.3 Å². The first-order valence-electron chi connectivity index (χ1n) is 9.76. The van der Waals surface area contributed by atoms with Crippen LogP contribution in [0.25, 0.3) is 10.2 Å². The number of thioether (sulfide) groups is 1. The number of nitrogens with one attached hydrogen (secondary N) is 1. The molecular formula is C20H25N3O2S2. The molecule has 0 aliphatic heterocycles. The minimum Gasteiger partial charge on any atom is -0.352 e. The summed E-state index contributed by atoms with van der Waals surface area (Å²) in [7, 11) is 0.